The number of hydrogen-bond donors (Lipinski definition) is 0. The van der Waals surface area contributed by atoms with Gasteiger partial charge in [0.1, 0.15) is 5.76 Å². The molecular weight excluding hydrogens is 406 g/mol. The maximum absolute atomic E-state index is 13.5. The molecule has 3 aromatic carbocycles. The summed E-state index contributed by atoms with van der Waals surface area (Å²) in [6.07, 6.45) is 4.27. The number of rotatable bonds is 4. The van der Waals surface area contributed by atoms with Crippen molar-refractivity contribution >= 4 is 21.4 Å². The molecule has 0 aliphatic carbocycles. The van der Waals surface area contributed by atoms with E-state index in [0.29, 0.717) is 18.8 Å². The van der Waals surface area contributed by atoms with Gasteiger partial charge < -0.3 is 4.74 Å². The molecule has 158 valence electrons. The lowest BCUT2D eigenvalue weighted by Gasteiger charge is -2.21. The molecule has 0 fully saturated rings. The molecule has 0 aromatic heterocycles. The van der Waals surface area contributed by atoms with Crippen LogP contribution >= 0.6 is 0 Å². The monoisotopic (exact) mass is 431 g/mol. The molecule has 3 aromatic rings. The highest BCUT2D eigenvalue weighted by Gasteiger charge is 2.23. The first kappa shape index (κ1) is 20.9. The Morgan fingerprint density at radius 2 is 1.42 bits per heavy atom. The lowest BCUT2D eigenvalue weighted by Crippen LogP contribution is -2.27. The third-order valence-electron chi connectivity index (χ3n) is 5.24. The van der Waals surface area contributed by atoms with E-state index in [1.54, 1.807) is 18.3 Å². The molecule has 0 spiro atoms. The van der Waals surface area contributed by atoms with Gasteiger partial charge in [-0.2, -0.15) is 0 Å². The summed E-state index contributed by atoms with van der Waals surface area (Å²) in [6.45, 7) is 2.62. The van der Waals surface area contributed by atoms with E-state index in [1.165, 1.54) is 4.31 Å². The van der Waals surface area contributed by atoms with E-state index in [0.717, 1.165) is 22.3 Å². The van der Waals surface area contributed by atoms with Crippen LogP contribution < -0.4 is 0 Å². The molecule has 0 N–H and O–H groups in total. The van der Waals surface area contributed by atoms with Crippen LogP contribution in [0.5, 0.6) is 0 Å². The van der Waals surface area contributed by atoms with E-state index in [2.05, 4.69) is 0 Å². The molecule has 31 heavy (non-hydrogen) atoms. The van der Waals surface area contributed by atoms with Crippen molar-refractivity contribution in [2.75, 3.05) is 13.2 Å². The Hall–Kier alpha value is -3.31. The number of hydrogen-bond acceptors (Lipinski definition) is 3. The summed E-state index contributed by atoms with van der Waals surface area (Å²) in [4.78, 5) is 0.260. The van der Waals surface area contributed by atoms with Crippen LogP contribution in [0, 0.1) is 6.92 Å². The van der Waals surface area contributed by atoms with Crippen molar-refractivity contribution in [3.8, 4) is 0 Å². The van der Waals surface area contributed by atoms with Crippen LogP contribution in [-0.2, 0) is 14.8 Å². The van der Waals surface area contributed by atoms with E-state index in [4.69, 9.17) is 4.74 Å². The highest BCUT2D eigenvalue weighted by atomic mass is 32.2. The van der Waals surface area contributed by atoms with Crippen molar-refractivity contribution in [2.45, 2.75) is 18.2 Å². The molecule has 0 saturated heterocycles. The fraction of sp³-hybridized carbons (Fsp3) is 0.154. The van der Waals surface area contributed by atoms with Gasteiger partial charge in [-0.3, -0.25) is 4.31 Å². The zero-order valence-corrected chi connectivity index (χ0v) is 18.3. The fourth-order valence-electron chi connectivity index (χ4n) is 3.48. The van der Waals surface area contributed by atoms with Gasteiger partial charge in [0.05, 0.1) is 24.2 Å². The SMILES string of the molecule is Cc1ccc(S(=O)(=O)N2/C=C(/c3ccccc3)OCC/C(c3ccccc3)=C\C2)cc1. The Kier molecular flexibility index (Phi) is 6.23. The van der Waals surface area contributed by atoms with E-state index < -0.39 is 10.0 Å². The first-order valence-electron chi connectivity index (χ1n) is 10.3. The van der Waals surface area contributed by atoms with Crippen LogP contribution in [0.15, 0.2) is 102 Å². The van der Waals surface area contributed by atoms with Crippen molar-refractivity contribution in [3.05, 3.63) is 114 Å². The Labute approximate surface area is 184 Å². The minimum Gasteiger partial charge on any atom is -0.491 e. The topological polar surface area (TPSA) is 46.6 Å². The molecular formula is C26H25NO3S. The molecule has 0 amide bonds. The molecule has 1 aliphatic rings. The highest BCUT2D eigenvalue weighted by Crippen LogP contribution is 2.27. The summed E-state index contributed by atoms with van der Waals surface area (Å²) in [5.74, 6) is 0.541. The van der Waals surface area contributed by atoms with Crippen LogP contribution in [-0.4, -0.2) is 25.9 Å². The Morgan fingerprint density at radius 3 is 2.06 bits per heavy atom. The minimum absolute atomic E-state index is 0.222. The van der Waals surface area contributed by atoms with Gasteiger partial charge in [-0.1, -0.05) is 84.4 Å². The van der Waals surface area contributed by atoms with Gasteiger partial charge in [0, 0.05) is 12.0 Å². The average Bonchev–Trinajstić information content (AvgIpc) is 2.91. The summed E-state index contributed by atoms with van der Waals surface area (Å²) >= 11 is 0. The summed E-state index contributed by atoms with van der Waals surface area (Å²) in [5, 5.41) is 0. The second kappa shape index (κ2) is 9.23. The summed E-state index contributed by atoms with van der Waals surface area (Å²) in [7, 11) is -3.75. The zero-order chi connectivity index (χ0) is 21.7. The Bertz CT molecular complexity index is 1180. The number of sulfonamides is 1. The third kappa shape index (κ3) is 4.89. The quantitative estimate of drug-likeness (QED) is 0.549. The van der Waals surface area contributed by atoms with Crippen molar-refractivity contribution in [1.29, 1.82) is 0 Å². The third-order valence-corrected chi connectivity index (χ3v) is 6.98. The number of nitrogens with zero attached hydrogens (tertiary/aromatic N) is 1. The van der Waals surface area contributed by atoms with E-state index in [-0.39, 0.29) is 11.4 Å². The second-order valence-corrected chi connectivity index (χ2v) is 9.33. The van der Waals surface area contributed by atoms with Gasteiger partial charge in [0.25, 0.3) is 10.0 Å². The van der Waals surface area contributed by atoms with Crippen LogP contribution in [0.2, 0.25) is 0 Å². The number of aryl methyl sites for hydroxylation is 1. The first-order valence-corrected chi connectivity index (χ1v) is 11.7. The van der Waals surface area contributed by atoms with Gasteiger partial charge in [0.15, 0.2) is 0 Å². The van der Waals surface area contributed by atoms with Crippen LogP contribution in [0.3, 0.4) is 0 Å². The normalized spacial score (nSPS) is 18.4. The summed E-state index contributed by atoms with van der Waals surface area (Å²) < 4.78 is 34.4. The second-order valence-electron chi connectivity index (χ2n) is 7.44. The first-order chi connectivity index (χ1) is 15.0. The van der Waals surface area contributed by atoms with Crippen LogP contribution in [0.1, 0.15) is 23.1 Å². The number of ether oxygens (including phenoxy) is 1. The van der Waals surface area contributed by atoms with E-state index >= 15 is 0 Å². The molecule has 0 unspecified atom stereocenters. The predicted octanol–water partition coefficient (Wildman–Crippen LogP) is 5.49. The van der Waals surface area contributed by atoms with Gasteiger partial charge in [-0.05, 0) is 30.2 Å². The molecule has 4 nitrogen and oxygen atoms in total. The maximum Gasteiger partial charge on any atom is 0.264 e. The fourth-order valence-corrected chi connectivity index (χ4v) is 4.74. The number of benzene rings is 3. The molecule has 0 saturated carbocycles. The van der Waals surface area contributed by atoms with Crippen molar-refractivity contribution in [1.82, 2.24) is 4.31 Å². The average molecular weight is 432 g/mol. The summed E-state index contributed by atoms with van der Waals surface area (Å²) in [5.41, 5.74) is 3.99. The molecule has 0 atom stereocenters. The molecule has 1 aliphatic heterocycles. The highest BCUT2D eigenvalue weighted by molar-refractivity contribution is 7.89. The smallest absolute Gasteiger partial charge is 0.264 e. The molecule has 0 radical (unpaired) electrons. The molecule has 4 rings (SSSR count). The zero-order valence-electron chi connectivity index (χ0n) is 17.4. The maximum atomic E-state index is 13.5. The largest absolute Gasteiger partial charge is 0.491 e. The van der Waals surface area contributed by atoms with E-state index in [9.17, 15) is 8.42 Å². The van der Waals surface area contributed by atoms with Crippen LogP contribution in [0.25, 0.3) is 11.3 Å². The lowest BCUT2D eigenvalue weighted by atomic mass is 10.0. The van der Waals surface area contributed by atoms with Gasteiger partial charge in [-0.25, -0.2) is 8.42 Å². The lowest BCUT2D eigenvalue weighted by molar-refractivity contribution is 0.283. The van der Waals surface area contributed by atoms with Crippen molar-refractivity contribution in [2.24, 2.45) is 0 Å². The summed E-state index contributed by atoms with van der Waals surface area (Å²) in [6, 6.07) is 26.5. The van der Waals surface area contributed by atoms with E-state index in [1.807, 2.05) is 85.8 Å². The molecule has 0 bridgehead atoms. The van der Waals surface area contributed by atoms with Crippen molar-refractivity contribution in [3.63, 3.8) is 0 Å². The molecule has 1 heterocycles. The molecule has 5 heteroatoms. The minimum atomic E-state index is -3.75. The Morgan fingerprint density at radius 1 is 0.806 bits per heavy atom. The van der Waals surface area contributed by atoms with Gasteiger partial charge in [-0.15, -0.1) is 0 Å². The Balaban J connectivity index is 1.77. The standard InChI is InChI=1S/C26H25NO3S/c1-21-12-14-25(15-13-21)31(28,29)27-18-16-23(22-8-4-2-5-9-22)17-19-30-26(20-27)24-10-6-3-7-11-24/h2-16,20H,17-19H2,1H3/b23-16+,26-20-. The predicted molar refractivity (Wildman–Crippen MR) is 124 cm³/mol. The van der Waals surface area contributed by atoms with Gasteiger partial charge in [0.2, 0.25) is 0 Å². The van der Waals surface area contributed by atoms with Crippen molar-refractivity contribution < 1.29 is 13.2 Å². The van der Waals surface area contributed by atoms with Gasteiger partial charge >= 0.3 is 0 Å². The van der Waals surface area contributed by atoms with Crippen LogP contribution in [0.4, 0.5) is 0 Å².